The number of hydrogen-bond donors (Lipinski definition) is 3. The lowest BCUT2D eigenvalue weighted by Crippen LogP contribution is -2.54. The third-order valence-corrected chi connectivity index (χ3v) is 12.4. The number of benzene rings is 3. The number of ether oxygens (including phenoxy) is 1. The van der Waals surface area contributed by atoms with Crippen LogP contribution in [0.4, 0.5) is 11.5 Å². The van der Waals surface area contributed by atoms with Gasteiger partial charge in [0, 0.05) is 76.3 Å². The van der Waals surface area contributed by atoms with Gasteiger partial charge in [0.1, 0.15) is 35.4 Å². The Hall–Kier alpha value is -7.21. The Morgan fingerprint density at radius 3 is 2.36 bits per heavy atom. The summed E-state index contributed by atoms with van der Waals surface area (Å²) in [6.45, 7) is 4.70. The third-order valence-electron chi connectivity index (χ3n) is 12.4. The van der Waals surface area contributed by atoms with E-state index in [1.165, 1.54) is 12.4 Å². The van der Waals surface area contributed by atoms with Crippen LogP contribution in [0.2, 0.25) is 0 Å². The van der Waals surface area contributed by atoms with Crippen LogP contribution in [0.5, 0.6) is 11.5 Å². The Bertz CT molecular complexity index is 2610. The van der Waals surface area contributed by atoms with Crippen molar-refractivity contribution in [3.8, 4) is 22.8 Å². The zero-order valence-corrected chi connectivity index (χ0v) is 35.3. The fourth-order valence-corrected chi connectivity index (χ4v) is 9.10. The molecule has 5 aromatic rings. The molecule has 3 saturated heterocycles. The first-order chi connectivity index (χ1) is 31.1. The number of carbonyl (C=O) groups is 6. The Morgan fingerprint density at radius 2 is 1.58 bits per heavy atom. The molecule has 330 valence electrons. The number of rotatable bonds is 13. The predicted molar refractivity (Wildman–Crippen MR) is 235 cm³/mol. The topological polar surface area (TPSA) is 218 Å². The van der Waals surface area contributed by atoms with Crippen molar-refractivity contribution < 1.29 is 33.5 Å². The van der Waals surface area contributed by atoms with Gasteiger partial charge in [-0.1, -0.05) is 24.3 Å². The number of nitrogens with zero attached hydrogens (tertiary/aromatic N) is 8. The van der Waals surface area contributed by atoms with Gasteiger partial charge in [-0.25, -0.2) is 14.6 Å². The van der Waals surface area contributed by atoms with Crippen LogP contribution in [0.15, 0.2) is 79.1 Å². The molecule has 6 amide bonds. The Balaban J connectivity index is 0.733. The van der Waals surface area contributed by atoms with Crippen LogP contribution in [0.25, 0.3) is 22.3 Å². The number of piperidine rings is 2. The normalized spacial score (nSPS) is 19.2. The molecule has 18 nitrogen and oxygen atoms in total. The average molecular weight is 868 g/mol. The lowest BCUT2D eigenvalue weighted by Gasteiger charge is -2.35. The van der Waals surface area contributed by atoms with Gasteiger partial charge in [-0.3, -0.25) is 43.9 Å². The van der Waals surface area contributed by atoms with E-state index in [9.17, 15) is 28.8 Å². The third kappa shape index (κ3) is 8.60. The maximum Gasteiger partial charge on any atom is 0.264 e. The molecule has 0 spiro atoms. The molecular formula is C46H49N11O7. The molecule has 18 heteroatoms. The van der Waals surface area contributed by atoms with E-state index in [0.717, 1.165) is 35.6 Å². The number of nitrogen functional groups attached to an aromatic ring is 1. The summed E-state index contributed by atoms with van der Waals surface area (Å²) in [7, 11) is 0. The van der Waals surface area contributed by atoms with Crippen LogP contribution in [-0.4, -0.2) is 133 Å². The lowest BCUT2D eigenvalue weighted by molar-refractivity contribution is -0.136. The average Bonchev–Trinajstić information content (AvgIpc) is 3.83. The molecule has 0 radical (unpaired) electrons. The minimum atomic E-state index is -1.05. The van der Waals surface area contributed by atoms with Crippen LogP contribution >= 0.6 is 0 Å². The summed E-state index contributed by atoms with van der Waals surface area (Å²) in [5.74, 6) is -0.432. The fourth-order valence-electron chi connectivity index (χ4n) is 9.10. The van der Waals surface area contributed by atoms with Crippen molar-refractivity contribution in [3.63, 3.8) is 0 Å². The van der Waals surface area contributed by atoms with Crippen molar-refractivity contribution in [1.29, 1.82) is 0 Å². The maximum atomic E-state index is 13.6. The monoisotopic (exact) mass is 867 g/mol. The van der Waals surface area contributed by atoms with Gasteiger partial charge in [0.15, 0.2) is 5.65 Å². The lowest BCUT2D eigenvalue weighted by atomic mass is 10.0. The zero-order chi connectivity index (χ0) is 44.3. The van der Waals surface area contributed by atoms with Crippen molar-refractivity contribution in [2.24, 2.45) is 0 Å². The second kappa shape index (κ2) is 18.3. The number of fused-ring (bicyclic) bond motifs is 2. The first-order valence-corrected chi connectivity index (χ1v) is 21.8. The smallest absolute Gasteiger partial charge is 0.264 e. The first-order valence-electron chi connectivity index (χ1n) is 21.8. The van der Waals surface area contributed by atoms with Crippen molar-refractivity contribution in [2.45, 2.75) is 57.0 Å². The summed E-state index contributed by atoms with van der Waals surface area (Å²) < 4.78 is 7.89. The summed E-state index contributed by atoms with van der Waals surface area (Å²) in [4.78, 5) is 93.3. The van der Waals surface area contributed by atoms with Crippen molar-refractivity contribution in [2.75, 3.05) is 63.4 Å². The number of nitrogens with one attached hydrogen (secondary N) is 2. The van der Waals surface area contributed by atoms with E-state index < -0.39 is 29.7 Å². The second-order valence-electron chi connectivity index (χ2n) is 16.5. The first kappa shape index (κ1) is 42.1. The van der Waals surface area contributed by atoms with E-state index in [1.54, 1.807) is 12.1 Å². The Morgan fingerprint density at radius 1 is 0.812 bits per heavy atom. The van der Waals surface area contributed by atoms with Gasteiger partial charge >= 0.3 is 0 Å². The minimum Gasteiger partial charge on any atom is -0.457 e. The summed E-state index contributed by atoms with van der Waals surface area (Å²) >= 11 is 0. The molecule has 6 heterocycles. The number of amides is 6. The highest BCUT2D eigenvalue weighted by molar-refractivity contribution is 6.25. The van der Waals surface area contributed by atoms with Gasteiger partial charge in [0.25, 0.3) is 11.8 Å². The predicted octanol–water partition coefficient (Wildman–Crippen LogP) is 3.86. The van der Waals surface area contributed by atoms with E-state index in [2.05, 4.69) is 25.5 Å². The molecule has 2 unspecified atom stereocenters. The van der Waals surface area contributed by atoms with E-state index in [1.807, 2.05) is 69.1 Å². The van der Waals surface area contributed by atoms with E-state index in [4.69, 9.17) is 15.6 Å². The Labute approximate surface area is 368 Å². The number of aromatic nitrogens is 4. The van der Waals surface area contributed by atoms with Crippen molar-refractivity contribution in [3.05, 3.63) is 90.3 Å². The number of anilines is 2. The number of piperazine rings is 1. The highest BCUT2D eigenvalue weighted by atomic mass is 16.5. The summed E-state index contributed by atoms with van der Waals surface area (Å²) in [6.07, 6.45) is 4.53. The molecule has 9 rings (SSSR count). The van der Waals surface area contributed by atoms with Gasteiger partial charge in [-0.2, -0.15) is 5.10 Å². The summed E-state index contributed by atoms with van der Waals surface area (Å²) in [5.41, 5.74) is 9.33. The van der Waals surface area contributed by atoms with E-state index in [-0.39, 0.29) is 54.8 Å². The van der Waals surface area contributed by atoms with Crippen molar-refractivity contribution >= 4 is 58.0 Å². The molecule has 3 aromatic carbocycles. The molecule has 2 aromatic heterocycles. The number of likely N-dealkylation sites (tertiary alicyclic amines) is 1. The molecule has 2 atom stereocenters. The van der Waals surface area contributed by atoms with E-state index >= 15 is 0 Å². The quantitative estimate of drug-likeness (QED) is 0.144. The van der Waals surface area contributed by atoms with Crippen LogP contribution in [0, 0.1) is 0 Å². The van der Waals surface area contributed by atoms with Crippen molar-refractivity contribution in [1.82, 2.24) is 44.7 Å². The number of imide groups is 2. The maximum absolute atomic E-state index is 13.6. The van der Waals surface area contributed by atoms with Gasteiger partial charge in [-0.15, -0.1) is 0 Å². The zero-order valence-electron chi connectivity index (χ0n) is 35.3. The Kier molecular flexibility index (Phi) is 12.0. The molecule has 0 saturated carbocycles. The standard InChI is InChI=1S/C46H49N11O7/c47-42-40-41(29-13-15-32(16-14-29)64-31-8-2-1-3-9-31)52-57(43(40)50-28-49-42)30-7-5-22-55(27-30)37(59)12-6-21-53-23-25-54(26-24-53)38(60)19-20-48-34-11-4-10-33-39(34)46(63)56(45(33)62)35-17-18-36(58)51-44(35)61/h1-4,8-11,13-16,28,30,35,48H,5-7,12,17-27H2,(H2,47,49,50)(H,51,58,61). The minimum absolute atomic E-state index is 0.0281. The molecule has 4 N–H and O–H groups in total. The van der Waals surface area contributed by atoms with E-state index in [0.29, 0.717) is 86.1 Å². The number of carbonyl (C=O) groups excluding carboxylic acids is 6. The highest BCUT2D eigenvalue weighted by Gasteiger charge is 2.45. The molecule has 0 bridgehead atoms. The molecule has 3 fully saturated rings. The largest absolute Gasteiger partial charge is 0.457 e. The van der Waals surface area contributed by atoms with Gasteiger partial charge in [0.2, 0.25) is 23.6 Å². The van der Waals surface area contributed by atoms with Crippen LogP contribution in [0.1, 0.15) is 71.7 Å². The molecule has 4 aliphatic rings. The van der Waals surface area contributed by atoms with Crippen LogP contribution in [0.3, 0.4) is 0 Å². The van der Waals surface area contributed by atoms with Gasteiger partial charge in [-0.05, 0) is 80.8 Å². The molecule has 4 aliphatic heterocycles. The summed E-state index contributed by atoms with van der Waals surface area (Å²) in [5, 5.41) is 11.1. The van der Waals surface area contributed by atoms with Gasteiger partial charge in [0.05, 0.1) is 22.6 Å². The molecule has 64 heavy (non-hydrogen) atoms. The number of hydrogen-bond acceptors (Lipinski definition) is 13. The van der Waals surface area contributed by atoms with Crippen LogP contribution in [-0.2, 0) is 19.2 Å². The number of para-hydroxylation sites is 1. The highest BCUT2D eigenvalue weighted by Crippen LogP contribution is 2.36. The summed E-state index contributed by atoms with van der Waals surface area (Å²) in [6, 6.07) is 21.0. The van der Waals surface area contributed by atoms with Crippen LogP contribution < -0.4 is 21.1 Å². The van der Waals surface area contributed by atoms with Gasteiger partial charge < -0.3 is 25.6 Å². The molecule has 0 aliphatic carbocycles. The fraction of sp³-hybridized carbons (Fsp3) is 0.370. The molecular weight excluding hydrogens is 819 g/mol. The second-order valence-corrected chi connectivity index (χ2v) is 16.5. The SMILES string of the molecule is Nc1ncnc2c1c(-c1ccc(Oc3ccccc3)cc1)nn2C1CCCN(C(=O)CCCN2CCN(C(=O)CCNc3cccc4c3C(=O)N(C3CCC(=O)NC3=O)C4=O)CC2)C1. The number of nitrogens with two attached hydrogens (primary N) is 1.